The van der Waals surface area contributed by atoms with Crippen molar-refractivity contribution in [3.63, 3.8) is 0 Å². The van der Waals surface area contributed by atoms with Gasteiger partial charge in [0.2, 0.25) is 5.88 Å². The molecule has 0 radical (unpaired) electrons. The van der Waals surface area contributed by atoms with Crippen molar-refractivity contribution in [2.24, 2.45) is 0 Å². The minimum absolute atomic E-state index is 0.0523. The maximum Gasteiger partial charge on any atom is 0.433 e. The molecule has 140 valence electrons. The number of aryl methyl sites for hydroxylation is 1. The zero-order valence-electron chi connectivity index (χ0n) is 14.1. The van der Waals surface area contributed by atoms with Gasteiger partial charge >= 0.3 is 6.18 Å². The smallest absolute Gasteiger partial charge is 0.433 e. The van der Waals surface area contributed by atoms with E-state index < -0.39 is 17.7 Å². The molecule has 1 heterocycles. The molecule has 0 fully saturated rings. The van der Waals surface area contributed by atoms with Crippen LogP contribution in [0.25, 0.3) is 0 Å². The molecule has 27 heavy (non-hydrogen) atoms. The Bertz CT molecular complexity index is 947. The summed E-state index contributed by atoms with van der Waals surface area (Å²) in [6.45, 7) is 1.93. The minimum atomic E-state index is -4.65. The van der Waals surface area contributed by atoms with Crippen LogP contribution < -0.4 is 4.74 Å². The molecule has 0 unspecified atom stereocenters. The van der Waals surface area contributed by atoms with Crippen LogP contribution in [0.15, 0.2) is 59.8 Å². The molecule has 2 aromatic carbocycles. The second-order valence-corrected chi connectivity index (χ2v) is 6.65. The first-order valence-electron chi connectivity index (χ1n) is 7.88. The van der Waals surface area contributed by atoms with E-state index in [-0.39, 0.29) is 16.8 Å². The number of halogens is 4. The molecule has 3 aromatic rings. The summed E-state index contributed by atoms with van der Waals surface area (Å²) < 4.78 is 58.0. The molecule has 0 N–H and O–H groups in total. The summed E-state index contributed by atoms with van der Waals surface area (Å²) in [5.74, 6) is -0.402. The Hall–Kier alpha value is -2.61. The van der Waals surface area contributed by atoms with Gasteiger partial charge in [-0.3, -0.25) is 0 Å². The highest BCUT2D eigenvalue weighted by Crippen LogP contribution is 2.33. The summed E-state index contributed by atoms with van der Waals surface area (Å²) in [7, 11) is 0. The van der Waals surface area contributed by atoms with Gasteiger partial charge in [0.1, 0.15) is 11.6 Å². The second kappa shape index (κ2) is 7.96. The van der Waals surface area contributed by atoms with Crippen molar-refractivity contribution in [3.05, 3.63) is 77.2 Å². The highest BCUT2D eigenvalue weighted by Gasteiger charge is 2.34. The van der Waals surface area contributed by atoms with Crippen LogP contribution in [0, 0.1) is 12.7 Å². The topological polar surface area (TPSA) is 35.0 Å². The van der Waals surface area contributed by atoms with E-state index in [1.165, 1.54) is 18.2 Å². The lowest BCUT2D eigenvalue weighted by atomic mass is 10.2. The van der Waals surface area contributed by atoms with Gasteiger partial charge in [-0.15, -0.1) is 0 Å². The number of hydrogen-bond acceptors (Lipinski definition) is 4. The normalized spacial score (nSPS) is 11.4. The summed E-state index contributed by atoms with van der Waals surface area (Å²) in [5.41, 5.74) is 0.873. The predicted octanol–water partition coefficient (Wildman–Crippen LogP) is 6.03. The van der Waals surface area contributed by atoms with Crippen LogP contribution in [0.2, 0.25) is 0 Å². The number of aromatic nitrogens is 2. The molecule has 0 amide bonds. The Morgan fingerprint density at radius 2 is 1.78 bits per heavy atom. The molecule has 0 spiro atoms. The third kappa shape index (κ3) is 5.43. The molecule has 3 nitrogen and oxygen atoms in total. The number of benzene rings is 2. The van der Waals surface area contributed by atoms with E-state index >= 15 is 0 Å². The third-order valence-corrected chi connectivity index (χ3v) is 4.36. The van der Waals surface area contributed by atoms with E-state index in [1.807, 2.05) is 31.2 Å². The number of nitrogens with zero attached hydrogens (tertiary/aromatic N) is 2. The highest BCUT2D eigenvalue weighted by molar-refractivity contribution is 7.98. The van der Waals surface area contributed by atoms with E-state index in [2.05, 4.69) is 9.97 Å². The van der Waals surface area contributed by atoms with Crippen molar-refractivity contribution in [1.29, 1.82) is 0 Å². The zero-order chi connectivity index (χ0) is 19.4. The Labute approximate surface area is 157 Å². The molecule has 0 atom stereocenters. The van der Waals surface area contributed by atoms with E-state index in [0.717, 1.165) is 29.0 Å². The zero-order valence-corrected chi connectivity index (χ0v) is 14.9. The van der Waals surface area contributed by atoms with Crippen LogP contribution >= 0.6 is 11.8 Å². The molecule has 0 saturated carbocycles. The van der Waals surface area contributed by atoms with Gasteiger partial charge < -0.3 is 4.74 Å². The molecular formula is C19H14F4N2OS. The van der Waals surface area contributed by atoms with Gasteiger partial charge in [0.25, 0.3) is 0 Å². The molecule has 0 saturated heterocycles. The summed E-state index contributed by atoms with van der Waals surface area (Å²) in [5, 5.41) is -0.0715. The van der Waals surface area contributed by atoms with E-state index in [9.17, 15) is 17.6 Å². The van der Waals surface area contributed by atoms with E-state index in [4.69, 9.17) is 4.74 Å². The lowest BCUT2D eigenvalue weighted by Crippen LogP contribution is -2.10. The van der Waals surface area contributed by atoms with E-state index in [1.54, 1.807) is 0 Å². The lowest BCUT2D eigenvalue weighted by Gasteiger charge is -2.11. The quantitative estimate of drug-likeness (QED) is 0.301. The summed E-state index contributed by atoms with van der Waals surface area (Å²) in [6, 6.07) is 13.4. The van der Waals surface area contributed by atoms with Crippen LogP contribution in [-0.2, 0) is 11.9 Å². The number of alkyl halides is 3. The Morgan fingerprint density at radius 1 is 1.00 bits per heavy atom. The van der Waals surface area contributed by atoms with Gasteiger partial charge in [-0.2, -0.15) is 18.2 Å². The summed E-state index contributed by atoms with van der Waals surface area (Å²) >= 11 is 1.06. The number of rotatable bonds is 5. The van der Waals surface area contributed by atoms with Crippen molar-refractivity contribution in [1.82, 2.24) is 9.97 Å². The van der Waals surface area contributed by atoms with Crippen LogP contribution in [-0.4, -0.2) is 9.97 Å². The molecule has 0 aliphatic carbocycles. The first-order valence-corrected chi connectivity index (χ1v) is 8.86. The number of ether oxygens (including phenoxy) is 1. The number of thioether (sulfide) groups is 1. The van der Waals surface area contributed by atoms with Gasteiger partial charge in [0.15, 0.2) is 10.9 Å². The fourth-order valence-electron chi connectivity index (χ4n) is 2.27. The van der Waals surface area contributed by atoms with Gasteiger partial charge in [-0.25, -0.2) is 9.37 Å². The van der Waals surface area contributed by atoms with Gasteiger partial charge in [-0.1, -0.05) is 47.7 Å². The average molecular weight is 394 g/mol. The Balaban J connectivity index is 1.86. The van der Waals surface area contributed by atoms with Crippen LogP contribution in [0.5, 0.6) is 11.6 Å². The van der Waals surface area contributed by atoms with Crippen molar-refractivity contribution in [2.45, 2.75) is 24.0 Å². The fraction of sp³-hybridized carbons (Fsp3) is 0.158. The van der Waals surface area contributed by atoms with Crippen molar-refractivity contribution in [3.8, 4) is 11.6 Å². The SMILES string of the molecule is Cc1cccc(CSc2nc(Oc3cccc(F)c3)cc(C(F)(F)F)n2)c1. The summed E-state index contributed by atoms with van der Waals surface area (Å²) in [4.78, 5) is 7.59. The predicted molar refractivity (Wildman–Crippen MR) is 94.2 cm³/mol. The van der Waals surface area contributed by atoms with E-state index in [0.29, 0.717) is 11.8 Å². The standard InChI is InChI=1S/C19H14F4N2OS/c1-12-4-2-5-13(8-12)11-27-18-24-16(19(21,22)23)10-17(25-18)26-15-7-3-6-14(20)9-15/h2-10H,11H2,1H3. The third-order valence-electron chi connectivity index (χ3n) is 3.44. The van der Waals surface area contributed by atoms with Gasteiger partial charge in [0, 0.05) is 17.9 Å². The van der Waals surface area contributed by atoms with Crippen LogP contribution in [0.4, 0.5) is 17.6 Å². The first kappa shape index (κ1) is 19.2. The van der Waals surface area contributed by atoms with Gasteiger partial charge in [-0.05, 0) is 24.6 Å². The fourth-order valence-corrected chi connectivity index (χ4v) is 3.06. The highest BCUT2D eigenvalue weighted by atomic mass is 32.2. The largest absolute Gasteiger partial charge is 0.439 e. The molecule has 3 rings (SSSR count). The van der Waals surface area contributed by atoms with Crippen molar-refractivity contribution in [2.75, 3.05) is 0 Å². The molecule has 0 aliphatic heterocycles. The monoisotopic (exact) mass is 394 g/mol. The molecule has 8 heteroatoms. The Morgan fingerprint density at radius 3 is 2.48 bits per heavy atom. The van der Waals surface area contributed by atoms with Crippen molar-refractivity contribution < 1.29 is 22.3 Å². The number of hydrogen-bond donors (Lipinski definition) is 0. The molecular weight excluding hydrogens is 380 g/mol. The Kier molecular flexibility index (Phi) is 5.65. The molecule has 1 aromatic heterocycles. The maximum absolute atomic E-state index is 13.3. The minimum Gasteiger partial charge on any atom is -0.439 e. The van der Waals surface area contributed by atoms with Crippen LogP contribution in [0.3, 0.4) is 0 Å². The second-order valence-electron chi connectivity index (χ2n) is 5.71. The maximum atomic E-state index is 13.3. The summed E-state index contributed by atoms with van der Waals surface area (Å²) in [6.07, 6.45) is -4.65. The first-order chi connectivity index (χ1) is 12.8. The molecule has 0 aliphatic rings. The lowest BCUT2D eigenvalue weighted by molar-refractivity contribution is -0.141. The van der Waals surface area contributed by atoms with Gasteiger partial charge in [0.05, 0.1) is 0 Å². The van der Waals surface area contributed by atoms with Crippen LogP contribution in [0.1, 0.15) is 16.8 Å². The van der Waals surface area contributed by atoms with Crippen molar-refractivity contribution >= 4 is 11.8 Å². The average Bonchev–Trinajstić information content (AvgIpc) is 2.59. The molecule has 0 bridgehead atoms.